The number of nitrogens with one attached hydrogen (secondary N) is 1. The molecule has 21 heavy (non-hydrogen) atoms. The Labute approximate surface area is 128 Å². The molecule has 1 saturated heterocycles. The van der Waals surface area contributed by atoms with E-state index in [9.17, 15) is 4.79 Å². The summed E-state index contributed by atoms with van der Waals surface area (Å²) in [5.41, 5.74) is 5.14. The highest BCUT2D eigenvalue weighted by Crippen LogP contribution is 2.19. The normalized spacial score (nSPS) is 18.7. The number of ether oxygens (including phenoxy) is 1. The number of nitrogens with two attached hydrogens (primary N) is 1. The smallest absolute Gasteiger partial charge is 0.410 e. The Morgan fingerprint density at radius 3 is 2.90 bits per heavy atom. The number of nitrogen functional groups attached to an aromatic ring is 1. The summed E-state index contributed by atoms with van der Waals surface area (Å²) >= 11 is 5.78. The average Bonchev–Trinajstić information content (AvgIpc) is 2.80. The molecule has 0 bridgehead atoms. The van der Waals surface area contributed by atoms with E-state index < -0.39 is 5.60 Å². The fourth-order valence-electron chi connectivity index (χ4n) is 2.00. The molecule has 3 N–H and O–H groups in total. The first-order valence-corrected chi connectivity index (χ1v) is 7.15. The van der Waals surface area contributed by atoms with Gasteiger partial charge in [0.2, 0.25) is 5.95 Å². The van der Waals surface area contributed by atoms with Crippen LogP contribution in [0.3, 0.4) is 0 Å². The number of carbonyl (C=O) groups is 1. The van der Waals surface area contributed by atoms with Crippen LogP contribution in [-0.2, 0) is 4.74 Å². The Balaban J connectivity index is 1.90. The number of amides is 1. The standard InChI is InChI=1S/C13H20ClN5O2/c1-13(2,3)21-12(20)19-5-4-8(7-19)17-11-16-6-9(14)10(15)18-11/h6,8H,4-5,7H2,1-3H3,(H3,15,16,17,18)/t8-/m0/s1. The molecule has 1 fully saturated rings. The number of anilines is 2. The minimum Gasteiger partial charge on any atom is -0.444 e. The summed E-state index contributed by atoms with van der Waals surface area (Å²) in [6.07, 6.45) is 1.95. The second-order valence-electron chi connectivity index (χ2n) is 5.98. The Morgan fingerprint density at radius 2 is 2.29 bits per heavy atom. The molecule has 0 unspecified atom stereocenters. The molecule has 2 heterocycles. The first-order valence-electron chi connectivity index (χ1n) is 6.77. The summed E-state index contributed by atoms with van der Waals surface area (Å²) in [5.74, 6) is 0.643. The lowest BCUT2D eigenvalue weighted by molar-refractivity contribution is 0.0293. The third-order valence-electron chi connectivity index (χ3n) is 2.94. The van der Waals surface area contributed by atoms with Gasteiger partial charge in [0.25, 0.3) is 0 Å². The highest BCUT2D eigenvalue weighted by molar-refractivity contribution is 6.32. The van der Waals surface area contributed by atoms with E-state index in [2.05, 4.69) is 15.3 Å². The molecular formula is C13H20ClN5O2. The predicted molar refractivity (Wildman–Crippen MR) is 81.3 cm³/mol. The lowest BCUT2D eigenvalue weighted by Crippen LogP contribution is -2.36. The van der Waals surface area contributed by atoms with Crippen LogP contribution in [0.25, 0.3) is 0 Å². The second kappa shape index (κ2) is 5.93. The van der Waals surface area contributed by atoms with Crippen molar-refractivity contribution in [2.24, 2.45) is 0 Å². The first kappa shape index (κ1) is 15.6. The van der Waals surface area contributed by atoms with E-state index in [1.165, 1.54) is 6.20 Å². The van der Waals surface area contributed by atoms with Crippen molar-refractivity contribution in [2.45, 2.75) is 38.8 Å². The molecule has 0 spiro atoms. The Morgan fingerprint density at radius 1 is 1.57 bits per heavy atom. The highest BCUT2D eigenvalue weighted by atomic mass is 35.5. The summed E-state index contributed by atoms with van der Waals surface area (Å²) < 4.78 is 5.35. The van der Waals surface area contributed by atoms with Gasteiger partial charge in [0.1, 0.15) is 16.4 Å². The molecule has 8 heteroatoms. The molecule has 0 aliphatic carbocycles. The van der Waals surface area contributed by atoms with E-state index in [1.54, 1.807) is 4.90 Å². The minimum atomic E-state index is -0.490. The number of carbonyl (C=O) groups excluding carboxylic acids is 1. The average molecular weight is 314 g/mol. The maximum Gasteiger partial charge on any atom is 0.410 e. The molecule has 2 rings (SSSR count). The maximum atomic E-state index is 12.0. The van der Waals surface area contributed by atoms with Gasteiger partial charge in [-0.1, -0.05) is 11.6 Å². The van der Waals surface area contributed by atoms with Crippen LogP contribution >= 0.6 is 11.6 Å². The summed E-state index contributed by atoms with van der Waals surface area (Å²) in [7, 11) is 0. The highest BCUT2D eigenvalue weighted by Gasteiger charge is 2.30. The molecule has 1 atom stereocenters. The van der Waals surface area contributed by atoms with Gasteiger partial charge in [0.15, 0.2) is 0 Å². The largest absolute Gasteiger partial charge is 0.444 e. The van der Waals surface area contributed by atoms with Crippen molar-refractivity contribution in [1.82, 2.24) is 14.9 Å². The maximum absolute atomic E-state index is 12.0. The van der Waals surface area contributed by atoms with Gasteiger partial charge >= 0.3 is 6.09 Å². The number of hydrogen-bond acceptors (Lipinski definition) is 6. The van der Waals surface area contributed by atoms with Crippen LogP contribution in [0, 0.1) is 0 Å². The zero-order chi connectivity index (χ0) is 15.6. The van der Waals surface area contributed by atoms with E-state index in [1.807, 2.05) is 20.8 Å². The number of halogens is 1. The zero-order valence-corrected chi connectivity index (χ0v) is 13.1. The van der Waals surface area contributed by atoms with E-state index in [-0.39, 0.29) is 18.0 Å². The summed E-state index contributed by atoms with van der Waals surface area (Å²) in [6.45, 7) is 6.72. The van der Waals surface area contributed by atoms with E-state index in [4.69, 9.17) is 22.1 Å². The van der Waals surface area contributed by atoms with Crippen LogP contribution in [0.4, 0.5) is 16.6 Å². The molecule has 0 radical (unpaired) electrons. The number of aromatic nitrogens is 2. The summed E-state index contributed by atoms with van der Waals surface area (Å²) in [4.78, 5) is 21.8. The predicted octanol–water partition coefficient (Wildman–Crippen LogP) is 2.13. The van der Waals surface area contributed by atoms with Crippen LogP contribution in [-0.4, -0.2) is 45.7 Å². The van der Waals surface area contributed by atoms with Crippen molar-refractivity contribution in [2.75, 3.05) is 24.1 Å². The molecule has 1 aromatic rings. The van der Waals surface area contributed by atoms with Crippen molar-refractivity contribution in [1.29, 1.82) is 0 Å². The fraction of sp³-hybridized carbons (Fsp3) is 0.615. The zero-order valence-electron chi connectivity index (χ0n) is 12.4. The van der Waals surface area contributed by atoms with Crippen LogP contribution in [0.5, 0.6) is 0 Å². The number of rotatable bonds is 2. The van der Waals surface area contributed by atoms with Crippen LogP contribution in [0.1, 0.15) is 27.2 Å². The third-order valence-corrected chi connectivity index (χ3v) is 3.24. The van der Waals surface area contributed by atoms with Crippen molar-refractivity contribution >= 4 is 29.5 Å². The van der Waals surface area contributed by atoms with Crippen molar-refractivity contribution in [3.05, 3.63) is 11.2 Å². The van der Waals surface area contributed by atoms with Gasteiger partial charge in [-0.15, -0.1) is 0 Å². The molecule has 1 amide bonds. The molecule has 1 aliphatic heterocycles. The van der Waals surface area contributed by atoms with Crippen molar-refractivity contribution in [3.63, 3.8) is 0 Å². The quantitative estimate of drug-likeness (QED) is 0.868. The monoisotopic (exact) mass is 313 g/mol. The third kappa shape index (κ3) is 4.35. The minimum absolute atomic E-state index is 0.0677. The Bertz CT molecular complexity index is 532. The molecule has 7 nitrogen and oxygen atoms in total. The van der Waals surface area contributed by atoms with Gasteiger partial charge < -0.3 is 20.7 Å². The van der Waals surface area contributed by atoms with Gasteiger partial charge in [0, 0.05) is 19.1 Å². The van der Waals surface area contributed by atoms with Gasteiger partial charge in [-0.05, 0) is 27.2 Å². The van der Waals surface area contributed by atoms with Crippen LogP contribution < -0.4 is 11.1 Å². The second-order valence-corrected chi connectivity index (χ2v) is 6.39. The number of nitrogens with zero attached hydrogens (tertiary/aromatic N) is 3. The van der Waals surface area contributed by atoms with Gasteiger partial charge in [-0.25, -0.2) is 9.78 Å². The van der Waals surface area contributed by atoms with Gasteiger partial charge in [0.05, 0.1) is 6.20 Å². The lowest BCUT2D eigenvalue weighted by atomic mass is 10.2. The number of likely N-dealkylation sites (tertiary alicyclic amines) is 1. The number of hydrogen-bond donors (Lipinski definition) is 2. The Hall–Kier alpha value is -1.76. The fourth-order valence-corrected chi connectivity index (χ4v) is 2.09. The van der Waals surface area contributed by atoms with Crippen LogP contribution in [0.2, 0.25) is 5.02 Å². The van der Waals surface area contributed by atoms with Crippen LogP contribution in [0.15, 0.2) is 6.20 Å². The summed E-state index contributed by atoms with van der Waals surface area (Å²) in [5, 5.41) is 3.47. The van der Waals surface area contributed by atoms with Gasteiger partial charge in [-0.3, -0.25) is 0 Å². The summed E-state index contributed by atoms with van der Waals surface area (Å²) in [6, 6.07) is 0.0677. The lowest BCUT2D eigenvalue weighted by Gasteiger charge is -2.24. The van der Waals surface area contributed by atoms with E-state index >= 15 is 0 Å². The van der Waals surface area contributed by atoms with Crippen molar-refractivity contribution in [3.8, 4) is 0 Å². The molecule has 0 saturated carbocycles. The van der Waals surface area contributed by atoms with E-state index in [0.29, 0.717) is 24.1 Å². The molecule has 1 aromatic heterocycles. The van der Waals surface area contributed by atoms with Gasteiger partial charge in [-0.2, -0.15) is 4.98 Å². The molecule has 1 aliphatic rings. The Kier molecular flexibility index (Phi) is 4.41. The molecule has 116 valence electrons. The first-order chi connectivity index (χ1) is 9.74. The topological polar surface area (TPSA) is 93.4 Å². The van der Waals surface area contributed by atoms with E-state index in [0.717, 1.165) is 6.42 Å². The molecular weight excluding hydrogens is 294 g/mol. The SMILES string of the molecule is CC(C)(C)OC(=O)N1CC[C@H](Nc2ncc(Cl)c(N)n2)C1. The molecule has 0 aromatic carbocycles. The van der Waals surface area contributed by atoms with Crippen molar-refractivity contribution < 1.29 is 9.53 Å².